The number of anilines is 2. The molecule has 0 amide bonds. The molecule has 0 radical (unpaired) electrons. The number of hydrogen-bond donors (Lipinski definition) is 2. The third kappa shape index (κ3) is 2.50. The molecule has 5 aromatic rings. The molecule has 5 aromatic heterocycles. The maximum Gasteiger partial charge on any atom is 0.229 e. The molecule has 2 N–H and O–H groups in total. The predicted octanol–water partition coefficient (Wildman–Crippen LogP) is 3.68. The Morgan fingerprint density at radius 1 is 1.04 bits per heavy atom. The Hall–Kier alpha value is -3.81. The van der Waals surface area contributed by atoms with Crippen LogP contribution in [0, 0.1) is 0 Å². The van der Waals surface area contributed by atoms with Crippen LogP contribution in [0.2, 0.25) is 0 Å². The summed E-state index contributed by atoms with van der Waals surface area (Å²) in [7, 11) is 0. The van der Waals surface area contributed by atoms with Crippen molar-refractivity contribution in [2.24, 2.45) is 0 Å². The lowest BCUT2D eigenvalue weighted by Gasteiger charge is -2.08. The molecular weight excluding hydrogens is 352 g/mol. The molecule has 8 nitrogen and oxygen atoms in total. The van der Waals surface area contributed by atoms with Crippen molar-refractivity contribution >= 4 is 28.3 Å². The maximum absolute atomic E-state index is 4.90. The Morgan fingerprint density at radius 3 is 2.79 bits per heavy atom. The molecule has 0 bridgehead atoms. The first-order chi connectivity index (χ1) is 13.8. The van der Waals surface area contributed by atoms with Crippen LogP contribution in [0.4, 0.5) is 11.6 Å². The molecule has 0 aliphatic heterocycles. The second-order valence-corrected chi connectivity index (χ2v) is 6.95. The summed E-state index contributed by atoms with van der Waals surface area (Å²) in [6.45, 7) is 0. The fraction of sp³-hybridized carbons (Fsp3) is 0.150. The van der Waals surface area contributed by atoms with Crippen LogP contribution < -0.4 is 5.32 Å². The van der Waals surface area contributed by atoms with Crippen molar-refractivity contribution < 1.29 is 0 Å². The number of H-pyrrole nitrogens is 1. The summed E-state index contributed by atoms with van der Waals surface area (Å²) in [6.07, 6.45) is 11.6. The lowest BCUT2D eigenvalue weighted by atomic mass is 10.2. The third-order valence-corrected chi connectivity index (χ3v) is 5.01. The zero-order chi connectivity index (χ0) is 18.5. The van der Waals surface area contributed by atoms with E-state index >= 15 is 0 Å². The van der Waals surface area contributed by atoms with Crippen molar-refractivity contribution in [1.29, 1.82) is 0 Å². The van der Waals surface area contributed by atoms with Gasteiger partial charge in [-0.05, 0) is 43.0 Å². The van der Waals surface area contributed by atoms with E-state index in [4.69, 9.17) is 9.97 Å². The third-order valence-electron chi connectivity index (χ3n) is 5.01. The van der Waals surface area contributed by atoms with Gasteiger partial charge in [0.25, 0.3) is 0 Å². The van der Waals surface area contributed by atoms with Crippen LogP contribution >= 0.6 is 0 Å². The average Bonchev–Trinajstić information content (AvgIpc) is 3.30. The van der Waals surface area contributed by atoms with Crippen molar-refractivity contribution in [2.45, 2.75) is 18.8 Å². The van der Waals surface area contributed by atoms with Gasteiger partial charge in [-0.2, -0.15) is 10.1 Å². The van der Waals surface area contributed by atoms with Gasteiger partial charge in [0, 0.05) is 41.4 Å². The molecule has 1 saturated carbocycles. The number of fused-ring (bicyclic) bond motifs is 2. The first-order valence-corrected chi connectivity index (χ1v) is 9.22. The summed E-state index contributed by atoms with van der Waals surface area (Å²) in [5.41, 5.74) is 5.36. The summed E-state index contributed by atoms with van der Waals surface area (Å²) in [6, 6.07) is 7.67. The fourth-order valence-corrected chi connectivity index (χ4v) is 3.46. The Morgan fingerprint density at radius 2 is 1.93 bits per heavy atom. The second-order valence-electron chi connectivity index (χ2n) is 6.95. The Labute approximate surface area is 159 Å². The largest absolute Gasteiger partial charge is 0.346 e. The number of nitrogens with zero attached hydrogens (tertiary/aromatic N) is 6. The monoisotopic (exact) mass is 368 g/mol. The van der Waals surface area contributed by atoms with Crippen LogP contribution in [0.15, 0.2) is 55.2 Å². The smallest absolute Gasteiger partial charge is 0.229 e. The minimum Gasteiger partial charge on any atom is -0.346 e. The SMILES string of the molecule is c1cc(Nc2nc(-c3ccn4ncc(C5CC5)c4n3)c3cc[nH]c3n2)ccn1. The van der Waals surface area contributed by atoms with Gasteiger partial charge in [-0.1, -0.05) is 0 Å². The summed E-state index contributed by atoms with van der Waals surface area (Å²) in [5, 5.41) is 8.61. The summed E-state index contributed by atoms with van der Waals surface area (Å²) in [5.74, 6) is 1.09. The van der Waals surface area contributed by atoms with Crippen molar-refractivity contribution in [3.63, 3.8) is 0 Å². The summed E-state index contributed by atoms with van der Waals surface area (Å²) in [4.78, 5) is 21.5. The number of pyridine rings is 1. The normalized spacial score (nSPS) is 14.0. The van der Waals surface area contributed by atoms with Gasteiger partial charge >= 0.3 is 0 Å². The number of nitrogens with one attached hydrogen (secondary N) is 2. The molecule has 0 atom stereocenters. The molecule has 5 heterocycles. The average molecular weight is 368 g/mol. The maximum atomic E-state index is 4.90. The Bertz CT molecular complexity index is 1300. The molecule has 1 fully saturated rings. The zero-order valence-corrected chi connectivity index (χ0v) is 14.9. The van der Waals surface area contributed by atoms with E-state index in [1.165, 1.54) is 18.4 Å². The molecule has 0 aromatic carbocycles. The molecular formula is C20H16N8. The minimum atomic E-state index is 0.508. The zero-order valence-electron chi connectivity index (χ0n) is 14.9. The summed E-state index contributed by atoms with van der Waals surface area (Å²) < 4.78 is 1.84. The molecule has 0 unspecified atom stereocenters. The highest BCUT2D eigenvalue weighted by Gasteiger charge is 2.27. The molecule has 6 rings (SSSR count). The van der Waals surface area contributed by atoms with Gasteiger partial charge in [0.1, 0.15) is 11.3 Å². The van der Waals surface area contributed by atoms with Gasteiger partial charge in [-0.3, -0.25) is 4.98 Å². The molecule has 0 spiro atoms. The van der Waals surface area contributed by atoms with Crippen LogP contribution in [0.25, 0.3) is 28.1 Å². The van der Waals surface area contributed by atoms with E-state index < -0.39 is 0 Å². The van der Waals surface area contributed by atoms with E-state index in [0.29, 0.717) is 11.9 Å². The number of rotatable bonds is 4. The highest BCUT2D eigenvalue weighted by Crippen LogP contribution is 2.41. The molecule has 136 valence electrons. The van der Waals surface area contributed by atoms with E-state index in [9.17, 15) is 0 Å². The van der Waals surface area contributed by atoms with Crippen LogP contribution in [0.3, 0.4) is 0 Å². The van der Waals surface area contributed by atoms with Gasteiger partial charge in [-0.25, -0.2) is 14.5 Å². The number of aromatic amines is 1. The van der Waals surface area contributed by atoms with E-state index in [1.54, 1.807) is 12.4 Å². The standard InChI is InChI=1S/C20H16N8/c1-2-12(1)15-11-23-28-10-6-16(25-19(15)28)17-14-5-9-22-18(14)27-20(26-17)24-13-3-7-21-8-4-13/h3-12H,1-2H2,(H2,21,22,24,26,27). The lowest BCUT2D eigenvalue weighted by Crippen LogP contribution is -2.01. The summed E-state index contributed by atoms with van der Waals surface area (Å²) >= 11 is 0. The van der Waals surface area contributed by atoms with Gasteiger partial charge in [0.2, 0.25) is 5.95 Å². The highest BCUT2D eigenvalue weighted by molar-refractivity contribution is 5.91. The number of aromatic nitrogens is 7. The van der Waals surface area contributed by atoms with Crippen LogP contribution in [0.5, 0.6) is 0 Å². The van der Waals surface area contributed by atoms with E-state index in [0.717, 1.165) is 33.8 Å². The van der Waals surface area contributed by atoms with Crippen LogP contribution in [-0.2, 0) is 0 Å². The van der Waals surface area contributed by atoms with E-state index in [-0.39, 0.29) is 0 Å². The first kappa shape index (κ1) is 15.3. The van der Waals surface area contributed by atoms with Crippen molar-refractivity contribution in [1.82, 2.24) is 34.5 Å². The molecule has 0 saturated heterocycles. The van der Waals surface area contributed by atoms with Gasteiger partial charge in [0.05, 0.1) is 11.9 Å². The second kappa shape index (κ2) is 5.85. The van der Waals surface area contributed by atoms with Gasteiger partial charge in [0.15, 0.2) is 5.65 Å². The molecule has 1 aliphatic carbocycles. The van der Waals surface area contributed by atoms with E-state index in [2.05, 4.69) is 25.4 Å². The van der Waals surface area contributed by atoms with Crippen molar-refractivity contribution in [3.8, 4) is 11.4 Å². The molecule has 8 heteroatoms. The first-order valence-electron chi connectivity index (χ1n) is 9.22. The topological polar surface area (TPSA) is 96.7 Å². The van der Waals surface area contributed by atoms with Gasteiger partial charge in [-0.15, -0.1) is 0 Å². The predicted molar refractivity (Wildman–Crippen MR) is 105 cm³/mol. The van der Waals surface area contributed by atoms with Crippen molar-refractivity contribution in [3.05, 3.63) is 60.8 Å². The molecule has 1 aliphatic rings. The fourth-order valence-electron chi connectivity index (χ4n) is 3.46. The number of hydrogen-bond acceptors (Lipinski definition) is 6. The van der Waals surface area contributed by atoms with Crippen molar-refractivity contribution in [2.75, 3.05) is 5.32 Å². The lowest BCUT2D eigenvalue weighted by molar-refractivity contribution is 0.940. The van der Waals surface area contributed by atoms with Crippen LogP contribution in [0.1, 0.15) is 24.3 Å². The van der Waals surface area contributed by atoms with Gasteiger partial charge < -0.3 is 10.3 Å². The Balaban J connectivity index is 1.50. The molecule has 28 heavy (non-hydrogen) atoms. The van der Waals surface area contributed by atoms with Crippen LogP contribution in [-0.4, -0.2) is 34.5 Å². The Kier molecular flexibility index (Phi) is 3.19. The quantitative estimate of drug-likeness (QED) is 0.502. The highest BCUT2D eigenvalue weighted by atomic mass is 15.2. The minimum absolute atomic E-state index is 0.508. The van der Waals surface area contributed by atoms with E-state index in [1.807, 2.05) is 47.4 Å².